The third-order valence-electron chi connectivity index (χ3n) is 5.13. The van der Waals surface area contributed by atoms with E-state index in [0.29, 0.717) is 17.9 Å². The summed E-state index contributed by atoms with van der Waals surface area (Å²) in [7, 11) is 1.86. The van der Waals surface area contributed by atoms with Gasteiger partial charge in [-0.25, -0.2) is 4.39 Å². The van der Waals surface area contributed by atoms with Gasteiger partial charge in [-0.2, -0.15) is 5.10 Å². The third kappa shape index (κ3) is 3.69. The maximum Gasteiger partial charge on any atom is 0.227 e. The van der Waals surface area contributed by atoms with Gasteiger partial charge in [-0.05, 0) is 43.9 Å². The zero-order valence-electron chi connectivity index (χ0n) is 16.1. The van der Waals surface area contributed by atoms with Crippen LogP contribution in [0.3, 0.4) is 0 Å². The molecule has 1 atom stereocenters. The minimum Gasteiger partial charge on any atom is -0.356 e. The molecule has 0 unspecified atom stereocenters. The number of aryl methyl sites for hydroxylation is 2. The summed E-state index contributed by atoms with van der Waals surface area (Å²) in [5, 5.41) is 8.63. The maximum absolute atomic E-state index is 13.5. The number of likely N-dealkylation sites (tertiary alicyclic amines) is 1. The standard InChI is InChI=1S/C21H23FN4O2/c1-14-10-19(28-24-14)17-13-25(2)23-21(17)18-8-3-4-9-26(18)20(27)12-15-6-5-7-16(22)11-15/h5-7,10-11,13,18H,3-4,8-9,12H2,1-2H3/t18-/m1/s1. The molecule has 3 heterocycles. The largest absolute Gasteiger partial charge is 0.356 e. The lowest BCUT2D eigenvalue weighted by molar-refractivity contribution is -0.134. The van der Waals surface area contributed by atoms with Crippen molar-refractivity contribution in [2.75, 3.05) is 6.54 Å². The first-order valence-corrected chi connectivity index (χ1v) is 9.52. The summed E-state index contributed by atoms with van der Waals surface area (Å²) in [6, 6.07) is 7.97. The Morgan fingerprint density at radius 1 is 1.32 bits per heavy atom. The van der Waals surface area contributed by atoms with Crippen LogP contribution < -0.4 is 0 Å². The molecule has 1 amide bonds. The highest BCUT2D eigenvalue weighted by Gasteiger charge is 2.32. The molecule has 1 aliphatic heterocycles. The van der Waals surface area contributed by atoms with Crippen LogP contribution in [0.4, 0.5) is 4.39 Å². The van der Waals surface area contributed by atoms with Gasteiger partial charge in [0.2, 0.25) is 5.91 Å². The van der Waals surface area contributed by atoms with Crippen LogP contribution in [0, 0.1) is 12.7 Å². The summed E-state index contributed by atoms with van der Waals surface area (Å²) in [5.41, 5.74) is 3.17. The molecule has 1 saturated heterocycles. The van der Waals surface area contributed by atoms with Gasteiger partial charge < -0.3 is 9.42 Å². The highest BCUT2D eigenvalue weighted by Crippen LogP contribution is 2.36. The van der Waals surface area contributed by atoms with Gasteiger partial charge in [0.1, 0.15) is 5.82 Å². The molecule has 3 aromatic rings. The van der Waals surface area contributed by atoms with E-state index < -0.39 is 0 Å². The molecule has 0 N–H and O–H groups in total. The normalized spacial score (nSPS) is 17.1. The van der Waals surface area contributed by atoms with Gasteiger partial charge >= 0.3 is 0 Å². The van der Waals surface area contributed by atoms with Crippen molar-refractivity contribution in [3.63, 3.8) is 0 Å². The van der Waals surface area contributed by atoms with E-state index in [1.54, 1.807) is 16.8 Å². The van der Waals surface area contributed by atoms with E-state index in [2.05, 4.69) is 10.3 Å². The van der Waals surface area contributed by atoms with Crippen molar-refractivity contribution in [1.82, 2.24) is 19.8 Å². The van der Waals surface area contributed by atoms with Crippen molar-refractivity contribution < 1.29 is 13.7 Å². The molecule has 4 rings (SSSR count). The van der Waals surface area contributed by atoms with Crippen LogP contribution in [0.15, 0.2) is 41.1 Å². The number of amides is 1. The molecular weight excluding hydrogens is 359 g/mol. The minimum absolute atomic E-state index is 0.0133. The van der Waals surface area contributed by atoms with Crippen LogP contribution in [0.2, 0.25) is 0 Å². The summed E-state index contributed by atoms with van der Waals surface area (Å²) in [6.45, 7) is 2.54. The van der Waals surface area contributed by atoms with Crippen molar-refractivity contribution in [2.24, 2.45) is 7.05 Å². The predicted octanol–water partition coefficient (Wildman–Crippen LogP) is 3.82. The van der Waals surface area contributed by atoms with Gasteiger partial charge in [0.15, 0.2) is 5.76 Å². The lowest BCUT2D eigenvalue weighted by Gasteiger charge is -2.35. The number of hydrogen-bond donors (Lipinski definition) is 0. The second-order valence-electron chi connectivity index (χ2n) is 7.34. The molecule has 2 aromatic heterocycles. The molecule has 6 nitrogen and oxygen atoms in total. The molecule has 0 spiro atoms. The van der Waals surface area contributed by atoms with Gasteiger partial charge in [-0.1, -0.05) is 17.3 Å². The van der Waals surface area contributed by atoms with Crippen LogP contribution in [0.1, 0.15) is 42.3 Å². The molecule has 1 aromatic carbocycles. The van der Waals surface area contributed by atoms with Crippen molar-refractivity contribution in [3.8, 4) is 11.3 Å². The lowest BCUT2D eigenvalue weighted by Crippen LogP contribution is -2.39. The molecule has 0 radical (unpaired) electrons. The van der Waals surface area contributed by atoms with E-state index in [1.165, 1.54) is 12.1 Å². The highest BCUT2D eigenvalue weighted by molar-refractivity contribution is 5.79. The van der Waals surface area contributed by atoms with Crippen molar-refractivity contribution >= 4 is 5.91 Å². The SMILES string of the molecule is Cc1cc(-c2cn(C)nc2[C@H]2CCCCN2C(=O)Cc2cccc(F)c2)on1. The Bertz CT molecular complexity index is 994. The molecule has 0 saturated carbocycles. The van der Waals surface area contributed by atoms with Gasteiger partial charge in [0.25, 0.3) is 0 Å². The average molecular weight is 382 g/mol. The number of aromatic nitrogens is 3. The lowest BCUT2D eigenvalue weighted by atomic mass is 9.95. The molecule has 0 bridgehead atoms. The molecule has 7 heteroatoms. The fourth-order valence-corrected chi connectivity index (χ4v) is 3.87. The van der Waals surface area contributed by atoms with E-state index in [9.17, 15) is 9.18 Å². The number of carbonyl (C=O) groups is 1. The number of hydrogen-bond acceptors (Lipinski definition) is 4. The number of halogens is 1. The zero-order valence-corrected chi connectivity index (χ0v) is 16.1. The number of piperidine rings is 1. The van der Waals surface area contributed by atoms with Crippen molar-refractivity contribution in [1.29, 1.82) is 0 Å². The molecule has 0 aliphatic carbocycles. The Hall–Kier alpha value is -2.96. The van der Waals surface area contributed by atoms with E-state index >= 15 is 0 Å². The van der Waals surface area contributed by atoms with Crippen LogP contribution in [-0.2, 0) is 18.3 Å². The van der Waals surface area contributed by atoms with Gasteiger partial charge in [0.05, 0.1) is 29.4 Å². The summed E-state index contributed by atoms with van der Waals surface area (Å²) < 4.78 is 20.7. The fraction of sp³-hybridized carbons (Fsp3) is 0.381. The molecule has 1 aliphatic rings. The summed E-state index contributed by atoms with van der Waals surface area (Å²) in [5.74, 6) is 0.317. The molecule has 28 heavy (non-hydrogen) atoms. The van der Waals surface area contributed by atoms with Crippen LogP contribution in [-0.4, -0.2) is 32.3 Å². The molecule has 146 valence electrons. The van der Waals surface area contributed by atoms with E-state index in [4.69, 9.17) is 4.52 Å². The van der Waals surface area contributed by atoms with Crippen LogP contribution in [0.5, 0.6) is 0 Å². The summed E-state index contributed by atoms with van der Waals surface area (Å²) in [4.78, 5) is 14.9. The summed E-state index contributed by atoms with van der Waals surface area (Å²) >= 11 is 0. The highest BCUT2D eigenvalue weighted by atomic mass is 19.1. The average Bonchev–Trinajstić information content (AvgIpc) is 3.27. The number of benzene rings is 1. The van der Waals surface area contributed by atoms with Gasteiger partial charge in [-0.3, -0.25) is 9.48 Å². The second kappa shape index (κ2) is 7.58. The first-order valence-electron chi connectivity index (χ1n) is 9.52. The van der Waals surface area contributed by atoms with Crippen molar-refractivity contribution in [2.45, 2.75) is 38.6 Å². The van der Waals surface area contributed by atoms with E-state index in [0.717, 1.165) is 36.2 Å². The fourth-order valence-electron chi connectivity index (χ4n) is 3.87. The van der Waals surface area contributed by atoms with Crippen molar-refractivity contribution in [3.05, 3.63) is 59.3 Å². The molecule has 1 fully saturated rings. The van der Waals surface area contributed by atoms with Gasteiger partial charge in [-0.15, -0.1) is 0 Å². The third-order valence-corrected chi connectivity index (χ3v) is 5.13. The number of carbonyl (C=O) groups excluding carboxylic acids is 1. The molecular formula is C21H23FN4O2. The number of nitrogens with zero attached hydrogens (tertiary/aromatic N) is 4. The first-order chi connectivity index (χ1) is 13.5. The van der Waals surface area contributed by atoms with Crippen LogP contribution in [0.25, 0.3) is 11.3 Å². The Balaban J connectivity index is 1.63. The van der Waals surface area contributed by atoms with Gasteiger partial charge in [0, 0.05) is 25.9 Å². The van der Waals surface area contributed by atoms with Crippen LogP contribution >= 0.6 is 0 Å². The quantitative estimate of drug-likeness (QED) is 0.688. The first kappa shape index (κ1) is 18.4. The van der Waals surface area contributed by atoms with E-state index in [1.807, 2.05) is 31.1 Å². The topological polar surface area (TPSA) is 64.2 Å². The second-order valence-corrected chi connectivity index (χ2v) is 7.34. The smallest absolute Gasteiger partial charge is 0.227 e. The summed E-state index contributed by atoms with van der Waals surface area (Å²) in [6.07, 6.45) is 4.90. The van der Waals surface area contributed by atoms with E-state index in [-0.39, 0.29) is 24.2 Å². The number of rotatable bonds is 4. The maximum atomic E-state index is 13.5. The predicted molar refractivity (Wildman–Crippen MR) is 102 cm³/mol. The Morgan fingerprint density at radius 3 is 2.93 bits per heavy atom. The Labute approximate surface area is 162 Å². The minimum atomic E-state index is -0.326. The zero-order chi connectivity index (χ0) is 19.7. The Morgan fingerprint density at radius 2 is 2.18 bits per heavy atom. The Kier molecular flexibility index (Phi) is 4.98. The monoisotopic (exact) mass is 382 g/mol.